The Balaban J connectivity index is 1.69. The standard InChI is InChI=1S/C24H19NO/c1-16-11-12-22-20(13-16)21(15-25-22)24-19-10-6-5-9-18(19)14-23(26-24)17-7-3-2-4-8-17/h2-15,24-25H,1H3. The number of ether oxygens (including phenoxy) is 1. The molecule has 0 spiro atoms. The van der Waals surface area contributed by atoms with E-state index >= 15 is 0 Å². The number of aromatic nitrogens is 1. The van der Waals surface area contributed by atoms with Crippen LogP contribution in [0, 0.1) is 6.92 Å². The van der Waals surface area contributed by atoms with Crippen molar-refractivity contribution >= 4 is 22.7 Å². The molecule has 5 rings (SSSR count). The Labute approximate surface area is 152 Å². The highest BCUT2D eigenvalue weighted by Gasteiger charge is 2.26. The minimum atomic E-state index is -0.123. The van der Waals surface area contributed by atoms with Crippen LogP contribution in [0.4, 0.5) is 0 Å². The SMILES string of the molecule is Cc1ccc2[nH]cc(C3OC(c4ccccc4)=Cc4ccccc43)c2c1. The first-order chi connectivity index (χ1) is 12.8. The third-order valence-electron chi connectivity index (χ3n) is 5.02. The van der Waals surface area contributed by atoms with E-state index in [1.165, 1.54) is 27.6 Å². The topological polar surface area (TPSA) is 25.0 Å². The van der Waals surface area contributed by atoms with Crippen LogP contribution in [0.15, 0.2) is 79.0 Å². The third-order valence-corrected chi connectivity index (χ3v) is 5.02. The molecule has 2 heterocycles. The number of aryl methyl sites for hydroxylation is 1. The Morgan fingerprint density at radius 1 is 0.846 bits per heavy atom. The maximum absolute atomic E-state index is 6.53. The lowest BCUT2D eigenvalue weighted by Gasteiger charge is -2.27. The van der Waals surface area contributed by atoms with Crippen molar-refractivity contribution in [2.45, 2.75) is 13.0 Å². The summed E-state index contributed by atoms with van der Waals surface area (Å²) in [6.45, 7) is 2.13. The Hall–Kier alpha value is -3.26. The van der Waals surface area contributed by atoms with Crippen molar-refractivity contribution in [2.24, 2.45) is 0 Å². The highest BCUT2D eigenvalue weighted by molar-refractivity contribution is 5.87. The number of nitrogens with one attached hydrogen (secondary N) is 1. The number of hydrogen-bond donors (Lipinski definition) is 1. The molecule has 26 heavy (non-hydrogen) atoms. The van der Waals surface area contributed by atoms with Crippen LogP contribution >= 0.6 is 0 Å². The van der Waals surface area contributed by atoms with Crippen molar-refractivity contribution < 1.29 is 4.74 Å². The second kappa shape index (κ2) is 5.92. The summed E-state index contributed by atoms with van der Waals surface area (Å²) >= 11 is 0. The summed E-state index contributed by atoms with van der Waals surface area (Å²) in [5.41, 5.74) is 7.09. The number of H-pyrrole nitrogens is 1. The van der Waals surface area contributed by atoms with Gasteiger partial charge in [-0.15, -0.1) is 0 Å². The van der Waals surface area contributed by atoms with Crippen LogP contribution in [0.25, 0.3) is 22.7 Å². The zero-order chi connectivity index (χ0) is 17.5. The lowest BCUT2D eigenvalue weighted by Crippen LogP contribution is -2.11. The fourth-order valence-electron chi connectivity index (χ4n) is 3.70. The van der Waals surface area contributed by atoms with Crippen molar-refractivity contribution in [2.75, 3.05) is 0 Å². The van der Waals surface area contributed by atoms with Crippen LogP contribution in [-0.2, 0) is 4.74 Å². The predicted molar refractivity (Wildman–Crippen MR) is 107 cm³/mol. The lowest BCUT2D eigenvalue weighted by atomic mass is 9.92. The normalized spacial score (nSPS) is 16.0. The quantitative estimate of drug-likeness (QED) is 0.470. The second-order valence-electron chi connectivity index (χ2n) is 6.79. The van der Waals surface area contributed by atoms with Gasteiger partial charge < -0.3 is 9.72 Å². The fraction of sp³-hybridized carbons (Fsp3) is 0.0833. The zero-order valence-electron chi connectivity index (χ0n) is 14.6. The molecule has 1 aromatic heterocycles. The van der Waals surface area contributed by atoms with Crippen molar-refractivity contribution in [1.29, 1.82) is 0 Å². The molecule has 0 saturated heterocycles. The molecular weight excluding hydrogens is 318 g/mol. The Morgan fingerprint density at radius 2 is 1.65 bits per heavy atom. The maximum Gasteiger partial charge on any atom is 0.152 e. The molecule has 3 aromatic carbocycles. The molecule has 1 unspecified atom stereocenters. The number of benzene rings is 3. The Morgan fingerprint density at radius 3 is 2.54 bits per heavy atom. The third kappa shape index (κ3) is 2.42. The molecule has 0 bridgehead atoms. The van der Waals surface area contributed by atoms with E-state index in [0.717, 1.165) is 16.8 Å². The molecule has 0 radical (unpaired) electrons. The molecule has 126 valence electrons. The van der Waals surface area contributed by atoms with Gasteiger partial charge in [0.25, 0.3) is 0 Å². The van der Waals surface area contributed by atoms with E-state index in [4.69, 9.17) is 4.74 Å². The molecule has 1 aliphatic rings. The lowest BCUT2D eigenvalue weighted by molar-refractivity contribution is 0.207. The average molecular weight is 337 g/mol. The van der Waals surface area contributed by atoms with Gasteiger partial charge in [0.05, 0.1) is 0 Å². The van der Waals surface area contributed by atoms with Crippen LogP contribution < -0.4 is 0 Å². The van der Waals surface area contributed by atoms with Gasteiger partial charge in [0, 0.05) is 33.8 Å². The highest BCUT2D eigenvalue weighted by atomic mass is 16.5. The average Bonchev–Trinajstić information content (AvgIpc) is 3.10. The number of fused-ring (bicyclic) bond motifs is 2. The van der Waals surface area contributed by atoms with E-state index in [1.54, 1.807) is 0 Å². The van der Waals surface area contributed by atoms with Crippen molar-refractivity contribution in [1.82, 2.24) is 4.98 Å². The van der Waals surface area contributed by atoms with Crippen molar-refractivity contribution in [3.63, 3.8) is 0 Å². The van der Waals surface area contributed by atoms with Gasteiger partial charge in [-0.05, 0) is 30.7 Å². The van der Waals surface area contributed by atoms with E-state index in [9.17, 15) is 0 Å². The first-order valence-corrected chi connectivity index (χ1v) is 8.90. The highest BCUT2D eigenvalue weighted by Crippen LogP contribution is 2.41. The number of hydrogen-bond acceptors (Lipinski definition) is 1. The monoisotopic (exact) mass is 337 g/mol. The van der Waals surface area contributed by atoms with Crippen molar-refractivity contribution in [3.05, 3.63) is 107 Å². The van der Waals surface area contributed by atoms with E-state index in [-0.39, 0.29) is 6.10 Å². The van der Waals surface area contributed by atoms with Crippen molar-refractivity contribution in [3.8, 4) is 0 Å². The number of rotatable bonds is 2. The van der Waals surface area contributed by atoms with Gasteiger partial charge in [-0.25, -0.2) is 0 Å². The van der Waals surface area contributed by atoms with E-state index in [1.807, 2.05) is 18.2 Å². The Kier molecular flexibility index (Phi) is 3.42. The van der Waals surface area contributed by atoms with Crippen LogP contribution in [0.1, 0.15) is 33.9 Å². The predicted octanol–water partition coefficient (Wildman–Crippen LogP) is 6.09. The summed E-state index contributed by atoms with van der Waals surface area (Å²) < 4.78 is 6.53. The fourth-order valence-corrected chi connectivity index (χ4v) is 3.70. The van der Waals surface area contributed by atoms with Gasteiger partial charge in [0.1, 0.15) is 5.76 Å². The first-order valence-electron chi connectivity index (χ1n) is 8.90. The molecule has 4 aromatic rings. The minimum absolute atomic E-state index is 0.123. The largest absolute Gasteiger partial charge is 0.480 e. The van der Waals surface area contributed by atoms with Gasteiger partial charge in [0.15, 0.2) is 6.10 Å². The van der Waals surface area contributed by atoms with E-state index < -0.39 is 0 Å². The van der Waals surface area contributed by atoms with Crippen LogP contribution in [0.2, 0.25) is 0 Å². The van der Waals surface area contributed by atoms with Gasteiger partial charge >= 0.3 is 0 Å². The van der Waals surface area contributed by atoms with Gasteiger partial charge in [-0.1, -0.05) is 66.2 Å². The molecule has 0 saturated carbocycles. The zero-order valence-corrected chi connectivity index (χ0v) is 14.6. The van der Waals surface area contributed by atoms with Crippen LogP contribution in [0.5, 0.6) is 0 Å². The van der Waals surface area contributed by atoms with E-state index in [2.05, 4.69) is 78.8 Å². The van der Waals surface area contributed by atoms with Crippen LogP contribution in [-0.4, -0.2) is 4.98 Å². The number of aromatic amines is 1. The van der Waals surface area contributed by atoms with Crippen LogP contribution in [0.3, 0.4) is 0 Å². The summed E-state index contributed by atoms with van der Waals surface area (Å²) in [6.07, 6.45) is 4.10. The molecule has 0 amide bonds. The summed E-state index contributed by atoms with van der Waals surface area (Å²) in [5.74, 6) is 0.913. The molecule has 2 nitrogen and oxygen atoms in total. The molecule has 0 fully saturated rings. The van der Waals surface area contributed by atoms with E-state index in [0.29, 0.717) is 0 Å². The summed E-state index contributed by atoms with van der Waals surface area (Å²) in [4.78, 5) is 3.40. The summed E-state index contributed by atoms with van der Waals surface area (Å²) in [7, 11) is 0. The molecule has 1 atom stereocenters. The van der Waals surface area contributed by atoms with Gasteiger partial charge in [-0.2, -0.15) is 0 Å². The second-order valence-corrected chi connectivity index (χ2v) is 6.79. The molecule has 0 aliphatic carbocycles. The smallest absolute Gasteiger partial charge is 0.152 e. The summed E-state index contributed by atoms with van der Waals surface area (Å²) in [5, 5.41) is 1.22. The molecule has 2 heteroatoms. The minimum Gasteiger partial charge on any atom is -0.480 e. The summed E-state index contributed by atoms with van der Waals surface area (Å²) in [6, 6.07) is 25.3. The Bertz CT molecular complexity index is 1120. The van der Waals surface area contributed by atoms with Gasteiger partial charge in [0.2, 0.25) is 0 Å². The molecule has 1 aliphatic heterocycles. The molecule has 1 N–H and O–H groups in total. The van der Waals surface area contributed by atoms with Gasteiger partial charge in [-0.3, -0.25) is 0 Å². The maximum atomic E-state index is 6.53. The first kappa shape index (κ1) is 15.0. The molecular formula is C24H19NO.